The molecule has 5 rings (SSSR count). The van der Waals surface area contributed by atoms with Gasteiger partial charge in [-0.15, -0.1) is 0 Å². The Bertz CT molecular complexity index is 1260. The van der Waals surface area contributed by atoms with E-state index in [4.69, 9.17) is 0 Å². The monoisotopic (exact) mass is 415 g/mol. The molecule has 1 aromatic carbocycles. The molecule has 3 aromatic rings. The molecule has 0 atom stereocenters. The van der Waals surface area contributed by atoms with Crippen molar-refractivity contribution in [2.45, 2.75) is 46.8 Å². The van der Waals surface area contributed by atoms with Crippen LogP contribution in [0.15, 0.2) is 30.5 Å². The van der Waals surface area contributed by atoms with Crippen LogP contribution in [-0.2, 0) is 26.0 Å². The average molecular weight is 415 g/mol. The van der Waals surface area contributed by atoms with Gasteiger partial charge in [-0.2, -0.15) is 10.4 Å². The lowest BCUT2D eigenvalue weighted by atomic mass is 9.90. The van der Waals surface area contributed by atoms with Gasteiger partial charge in [-0.1, -0.05) is 19.9 Å². The third kappa shape index (κ3) is 2.98. The van der Waals surface area contributed by atoms with E-state index in [1.54, 1.807) is 22.7 Å². The molecule has 158 valence electrons. The highest BCUT2D eigenvalue weighted by atomic mass is 16.3. The number of hydrogen-bond donors (Lipinski definition) is 1. The highest BCUT2D eigenvalue weighted by molar-refractivity contribution is 6.06. The van der Waals surface area contributed by atoms with E-state index in [1.165, 1.54) is 11.3 Å². The minimum absolute atomic E-state index is 0.0420. The number of nitriles is 1. The number of nitrogens with zero attached hydrogens (tertiary/aromatic N) is 5. The van der Waals surface area contributed by atoms with Gasteiger partial charge in [0.25, 0.3) is 5.91 Å². The number of carbonyl (C=O) groups excluding carboxylic acids is 1. The lowest BCUT2D eigenvalue weighted by molar-refractivity contribution is 0.0963. The number of anilines is 1. The van der Waals surface area contributed by atoms with Gasteiger partial charge in [0.05, 0.1) is 29.2 Å². The molecule has 0 unspecified atom stereocenters. The molecule has 1 amide bonds. The summed E-state index contributed by atoms with van der Waals surface area (Å²) in [4.78, 5) is 15.2. The van der Waals surface area contributed by atoms with Crippen LogP contribution in [0.3, 0.4) is 0 Å². The Hall–Kier alpha value is -3.37. The number of amides is 1. The van der Waals surface area contributed by atoms with Crippen LogP contribution in [0.5, 0.6) is 0 Å². The van der Waals surface area contributed by atoms with Crippen molar-refractivity contribution in [3.8, 4) is 11.8 Å². The first-order valence-electron chi connectivity index (χ1n) is 10.6. The summed E-state index contributed by atoms with van der Waals surface area (Å²) in [6, 6.07) is 9.75. The van der Waals surface area contributed by atoms with E-state index in [1.807, 2.05) is 18.2 Å². The van der Waals surface area contributed by atoms with Gasteiger partial charge in [-0.3, -0.25) is 4.79 Å². The number of aryl methyl sites for hydroxylation is 1. The molecule has 0 saturated heterocycles. The zero-order valence-electron chi connectivity index (χ0n) is 18.0. The van der Waals surface area contributed by atoms with Crippen LogP contribution >= 0.6 is 0 Å². The maximum atomic E-state index is 13.5. The molecular formula is C24H25N5O2. The molecule has 0 saturated carbocycles. The summed E-state index contributed by atoms with van der Waals surface area (Å²) >= 11 is 0. The van der Waals surface area contributed by atoms with Crippen LogP contribution in [0, 0.1) is 23.7 Å². The van der Waals surface area contributed by atoms with Gasteiger partial charge in [0.15, 0.2) is 0 Å². The van der Waals surface area contributed by atoms with Crippen molar-refractivity contribution in [1.29, 1.82) is 5.26 Å². The van der Waals surface area contributed by atoms with Crippen LogP contribution in [0.1, 0.15) is 52.4 Å². The van der Waals surface area contributed by atoms with E-state index in [9.17, 15) is 15.2 Å². The zero-order valence-corrected chi connectivity index (χ0v) is 18.0. The molecule has 2 aliphatic rings. The fourth-order valence-corrected chi connectivity index (χ4v) is 5.03. The third-order valence-corrected chi connectivity index (χ3v) is 6.47. The summed E-state index contributed by atoms with van der Waals surface area (Å²) < 4.78 is 3.79. The Balaban J connectivity index is 1.55. The predicted molar refractivity (Wildman–Crippen MR) is 116 cm³/mol. The van der Waals surface area contributed by atoms with Gasteiger partial charge in [-0.25, -0.2) is 4.68 Å². The quantitative estimate of drug-likeness (QED) is 0.712. The van der Waals surface area contributed by atoms with Crippen LogP contribution < -0.4 is 4.90 Å². The molecule has 3 heterocycles. The van der Waals surface area contributed by atoms with Gasteiger partial charge in [-0.05, 0) is 48.9 Å². The Labute approximate surface area is 181 Å². The molecule has 1 N–H and O–H groups in total. The largest absolute Gasteiger partial charge is 0.392 e. The van der Waals surface area contributed by atoms with E-state index >= 15 is 0 Å². The summed E-state index contributed by atoms with van der Waals surface area (Å²) in [6.07, 6.45) is 3.64. The van der Waals surface area contributed by atoms with Crippen molar-refractivity contribution in [3.63, 3.8) is 0 Å². The average Bonchev–Trinajstić information content (AvgIpc) is 3.37. The normalized spacial score (nSPS) is 16.9. The lowest BCUT2D eigenvalue weighted by Gasteiger charge is -2.31. The summed E-state index contributed by atoms with van der Waals surface area (Å²) in [5, 5.41) is 23.9. The molecule has 7 nitrogen and oxygen atoms in total. The molecule has 31 heavy (non-hydrogen) atoms. The second-order valence-corrected chi connectivity index (χ2v) is 9.25. The van der Waals surface area contributed by atoms with Gasteiger partial charge in [0.2, 0.25) is 0 Å². The number of aliphatic hydroxyl groups excluding tert-OH is 1. The third-order valence-electron chi connectivity index (χ3n) is 6.47. The fourth-order valence-electron chi connectivity index (χ4n) is 5.03. The first-order valence-corrected chi connectivity index (χ1v) is 10.6. The minimum atomic E-state index is -0.234. The number of rotatable bonds is 3. The highest BCUT2D eigenvalue weighted by Crippen LogP contribution is 2.40. The Morgan fingerprint density at radius 3 is 2.71 bits per heavy atom. The molecule has 0 spiro atoms. The topological polar surface area (TPSA) is 87.1 Å². The van der Waals surface area contributed by atoms with Crippen LogP contribution in [0.25, 0.3) is 5.69 Å². The van der Waals surface area contributed by atoms with Gasteiger partial charge in [0.1, 0.15) is 11.8 Å². The van der Waals surface area contributed by atoms with Crippen molar-refractivity contribution in [2.75, 3.05) is 11.4 Å². The molecule has 0 radical (unpaired) electrons. The minimum Gasteiger partial charge on any atom is -0.392 e. The standard InChI is InChI=1S/C24H25N5O2/c1-15-17(12-25)13-29(26-15)20-6-4-5-19(18(20)14-30)28-8-7-27-21(23(28)31)9-16-10-24(2,3)11-22(16)27/h4-6,9,13,30H,7-8,10-11,14H2,1-3H3. The smallest absolute Gasteiger partial charge is 0.274 e. The van der Waals surface area contributed by atoms with E-state index in [0.717, 1.165) is 25.1 Å². The molecule has 7 heteroatoms. The number of aromatic nitrogens is 3. The van der Waals surface area contributed by atoms with Gasteiger partial charge in [0, 0.05) is 30.5 Å². The second kappa shape index (κ2) is 6.82. The van der Waals surface area contributed by atoms with Crippen molar-refractivity contribution < 1.29 is 9.90 Å². The number of benzene rings is 1. The number of hydrogen-bond acceptors (Lipinski definition) is 4. The highest BCUT2D eigenvalue weighted by Gasteiger charge is 2.37. The van der Waals surface area contributed by atoms with Crippen molar-refractivity contribution in [3.05, 3.63) is 64.2 Å². The van der Waals surface area contributed by atoms with Crippen molar-refractivity contribution in [1.82, 2.24) is 14.3 Å². The summed E-state index contributed by atoms with van der Waals surface area (Å²) in [5.74, 6) is -0.0420. The van der Waals surface area contributed by atoms with E-state index in [-0.39, 0.29) is 17.9 Å². The number of aliphatic hydroxyl groups is 1. The SMILES string of the molecule is Cc1nn(-c2cccc(N3CCn4c(cc5c4CC(C)(C)C5)C3=O)c2CO)cc1C#N. The Kier molecular flexibility index (Phi) is 4.31. The van der Waals surface area contributed by atoms with Crippen LogP contribution in [-0.4, -0.2) is 31.9 Å². The summed E-state index contributed by atoms with van der Waals surface area (Å²) in [6.45, 7) is 7.36. The van der Waals surface area contributed by atoms with Crippen molar-refractivity contribution >= 4 is 11.6 Å². The van der Waals surface area contributed by atoms with E-state index in [2.05, 4.69) is 35.6 Å². The fraction of sp³-hybridized carbons (Fsp3) is 0.375. The number of fused-ring (bicyclic) bond motifs is 3. The predicted octanol–water partition coefficient (Wildman–Crippen LogP) is 3.13. The van der Waals surface area contributed by atoms with E-state index < -0.39 is 0 Å². The second-order valence-electron chi connectivity index (χ2n) is 9.25. The van der Waals surface area contributed by atoms with E-state index in [0.29, 0.717) is 34.7 Å². The van der Waals surface area contributed by atoms with Gasteiger partial charge < -0.3 is 14.6 Å². The van der Waals surface area contributed by atoms with Crippen LogP contribution in [0.4, 0.5) is 5.69 Å². The molecule has 1 aliphatic heterocycles. The Morgan fingerprint density at radius 1 is 1.23 bits per heavy atom. The first-order chi connectivity index (χ1) is 14.8. The zero-order chi connectivity index (χ0) is 21.9. The van der Waals surface area contributed by atoms with Crippen molar-refractivity contribution in [2.24, 2.45) is 5.41 Å². The maximum Gasteiger partial charge on any atom is 0.274 e. The molecular weight excluding hydrogens is 390 g/mol. The van der Waals surface area contributed by atoms with Crippen LogP contribution in [0.2, 0.25) is 0 Å². The summed E-state index contributed by atoms with van der Waals surface area (Å²) in [5.41, 5.74) is 6.63. The Morgan fingerprint density at radius 2 is 2.00 bits per heavy atom. The maximum absolute atomic E-state index is 13.5. The van der Waals surface area contributed by atoms with Gasteiger partial charge >= 0.3 is 0 Å². The lowest BCUT2D eigenvalue weighted by Crippen LogP contribution is -2.41. The molecule has 0 bridgehead atoms. The molecule has 1 aliphatic carbocycles. The molecule has 0 fully saturated rings. The first kappa shape index (κ1) is 19.6. The summed E-state index contributed by atoms with van der Waals surface area (Å²) in [7, 11) is 0. The number of carbonyl (C=O) groups is 1. The molecule has 2 aromatic heterocycles.